The third-order valence-corrected chi connectivity index (χ3v) is 6.40. The molecule has 0 saturated heterocycles. The summed E-state index contributed by atoms with van der Waals surface area (Å²) in [6.07, 6.45) is 0. The van der Waals surface area contributed by atoms with E-state index in [9.17, 15) is 9.59 Å². The first kappa shape index (κ1) is 24.1. The summed E-state index contributed by atoms with van der Waals surface area (Å²) < 4.78 is 11.0. The molecule has 2 N–H and O–H groups in total. The van der Waals surface area contributed by atoms with E-state index >= 15 is 0 Å². The molecule has 192 valence electrons. The molecule has 1 amide bonds. The van der Waals surface area contributed by atoms with Crippen LogP contribution in [-0.4, -0.2) is 33.4 Å². The number of nitrogens with zero attached hydrogens (tertiary/aromatic N) is 2. The zero-order valence-electron chi connectivity index (χ0n) is 21.1. The zero-order valence-corrected chi connectivity index (χ0v) is 21.1. The van der Waals surface area contributed by atoms with Crippen molar-refractivity contribution in [3.05, 3.63) is 119 Å². The lowest BCUT2D eigenvalue weighted by atomic mass is 10.0. The molecule has 1 aliphatic heterocycles. The van der Waals surface area contributed by atoms with E-state index in [4.69, 9.17) is 14.5 Å². The van der Waals surface area contributed by atoms with Crippen molar-refractivity contribution in [1.29, 1.82) is 0 Å². The number of imidazole rings is 1. The SMILES string of the molecule is Cc1cccc(-c2[nH]c(CNC(=O)c3ccc(C(=O)c4ccccc4)cc3)nc2-c2ccc3c(c2)OCO3)n1. The predicted molar refractivity (Wildman–Crippen MR) is 146 cm³/mol. The number of nitrogens with one attached hydrogen (secondary N) is 2. The van der Waals surface area contributed by atoms with Gasteiger partial charge in [0, 0.05) is 27.9 Å². The van der Waals surface area contributed by atoms with Gasteiger partial charge in [0.15, 0.2) is 17.3 Å². The molecular weight excluding hydrogens is 492 g/mol. The van der Waals surface area contributed by atoms with E-state index in [1.54, 1.807) is 36.4 Å². The standard InChI is InChI=1S/C31H24N4O4/c1-19-6-5-9-24(33-19)29-28(23-14-15-25-26(16-23)39-18-38-25)34-27(35-29)17-32-31(37)22-12-10-21(11-13-22)30(36)20-7-3-2-4-8-20/h2-16H,17-18H2,1H3,(H,32,37)(H,34,35). The number of carbonyl (C=O) groups is 2. The number of aryl methyl sites for hydroxylation is 1. The van der Waals surface area contributed by atoms with Gasteiger partial charge < -0.3 is 19.8 Å². The van der Waals surface area contributed by atoms with Gasteiger partial charge in [0.2, 0.25) is 6.79 Å². The van der Waals surface area contributed by atoms with Gasteiger partial charge in [-0.25, -0.2) is 4.98 Å². The molecule has 2 aromatic heterocycles. The Morgan fingerprint density at radius 2 is 1.56 bits per heavy atom. The minimum absolute atomic E-state index is 0.0912. The highest BCUT2D eigenvalue weighted by Crippen LogP contribution is 2.38. The summed E-state index contributed by atoms with van der Waals surface area (Å²) in [6.45, 7) is 2.29. The number of ketones is 1. The van der Waals surface area contributed by atoms with Crippen LogP contribution in [0, 0.1) is 6.92 Å². The number of benzene rings is 3. The zero-order chi connectivity index (χ0) is 26.8. The first-order chi connectivity index (χ1) is 19.0. The summed E-state index contributed by atoms with van der Waals surface area (Å²) in [5.74, 6) is 1.55. The van der Waals surface area contributed by atoms with E-state index in [-0.39, 0.29) is 25.0 Å². The molecule has 0 saturated carbocycles. The Morgan fingerprint density at radius 1 is 0.821 bits per heavy atom. The Morgan fingerprint density at radius 3 is 2.36 bits per heavy atom. The fourth-order valence-corrected chi connectivity index (χ4v) is 4.42. The van der Waals surface area contributed by atoms with Crippen LogP contribution in [0.5, 0.6) is 11.5 Å². The van der Waals surface area contributed by atoms with Crippen molar-refractivity contribution in [3.63, 3.8) is 0 Å². The van der Waals surface area contributed by atoms with E-state index in [0.717, 1.165) is 22.6 Å². The summed E-state index contributed by atoms with van der Waals surface area (Å²) in [5, 5.41) is 2.91. The number of H-pyrrole nitrogens is 1. The van der Waals surface area contributed by atoms with E-state index in [0.29, 0.717) is 39.7 Å². The first-order valence-electron chi connectivity index (χ1n) is 12.5. The van der Waals surface area contributed by atoms with Crippen LogP contribution in [0.25, 0.3) is 22.6 Å². The predicted octanol–water partition coefficient (Wildman–Crippen LogP) is 5.34. The van der Waals surface area contributed by atoms with Gasteiger partial charge in [0.25, 0.3) is 5.91 Å². The summed E-state index contributed by atoms with van der Waals surface area (Å²) >= 11 is 0. The van der Waals surface area contributed by atoms with E-state index in [2.05, 4.69) is 15.3 Å². The molecule has 3 heterocycles. The molecule has 8 heteroatoms. The number of hydrogen-bond acceptors (Lipinski definition) is 6. The number of hydrogen-bond donors (Lipinski definition) is 2. The molecule has 6 rings (SSSR count). The summed E-state index contributed by atoms with van der Waals surface area (Å²) in [6, 6.07) is 27.1. The monoisotopic (exact) mass is 516 g/mol. The van der Waals surface area contributed by atoms with Gasteiger partial charge in [-0.3, -0.25) is 14.6 Å². The van der Waals surface area contributed by atoms with Crippen LogP contribution in [-0.2, 0) is 6.54 Å². The van der Waals surface area contributed by atoms with E-state index < -0.39 is 0 Å². The lowest BCUT2D eigenvalue weighted by Gasteiger charge is -2.05. The van der Waals surface area contributed by atoms with Crippen molar-refractivity contribution < 1.29 is 19.1 Å². The molecule has 0 atom stereocenters. The average molecular weight is 517 g/mol. The quantitative estimate of drug-likeness (QED) is 0.283. The van der Waals surface area contributed by atoms with Crippen LogP contribution in [0.1, 0.15) is 37.8 Å². The lowest BCUT2D eigenvalue weighted by molar-refractivity contribution is 0.0948. The van der Waals surface area contributed by atoms with Crippen molar-refractivity contribution in [2.75, 3.05) is 6.79 Å². The molecular formula is C31H24N4O4. The van der Waals surface area contributed by atoms with Gasteiger partial charge in [0.1, 0.15) is 5.82 Å². The Kier molecular flexibility index (Phi) is 6.34. The number of pyridine rings is 1. The van der Waals surface area contributed by atoms with Crippen molar-refractivity contribution in [2.24, 2.45) is 0 Å². The normalized spacial score (nSPS) is 11.8. The van der Waals surface area contributed by atoms with Crippen molar-refractivity contribution in [1.82, 2.24) is 20.3 Å². The van der Waals surface area contributed by atoms with Crippen LogP contribution >= 0.6 is 0 Å². The fourth-order valence-electron chi connectivity index (χ4n) is 4.42. The number of carbonyl (C=O) groups excluding carboxylic acids is 2. The van der Waals surface area contributed by atoms with Crippen LogP contribution in [0.2, 0.25) is 0 Å². The maximum absolute atomic E-state index is 12.9. The number of ether oxygens (including phenoxy) is 2. The third-order valence-electron chi connectivity index (χ3n) is 6.40. The van der Waals surface area contributed by atoms with Crippen molar-refractivity contribution in [2.45, 2.75) is 13.5 Å². The topological polar surface area (TPSA) is 106 Å². The van der Waals surface area contributed by atoms with Crippen LogP contribution in [0.4, 0.5) is 0 Å². The second kappa shape index (κ2) is 10.3. The van der Waals surface area contributed by atoms with Gasteiger partial charge in [-0.15, -0.1) is 0 Å². The van der Waals surface area contributed by atoms with Gasteiger partial charge >= 0.3 is 0 Å². The van der Waals surface area contributed by atoms with Gasteiger partial charge in [-0.1, -0.05) is 48.5 Å². The fraction of sp³-hybridized carbons (Fsp3) is 0.0968. The minimum atomic E-state index is -0.273. The Hall–Kier alpha value is -5.24. The van der Waals surface area contributed by atoms with Gasteiger partial charge in [-0.2, -0.15) is 0 Å². The highest BCUT2D eigenvalue weighted by atomic mass is 16.7. The maximum Gasteiger partial charge on any atom is 0.251 e. The molecule has 3 aromatic carbocycles. The van der Waals surface area contributed by atoms with Gasteiger partial charge in [0.05, 0.1) is 23.6 Å². The van der Waals surface area contributed by atoms with Gasteiger partial charge in [-0.05, 0) is 49.4 Å². The van der Waals surface area contributed by atoms with Crippen LogP contribution < -0.4 is 14.8 Å². The molecule has 0 bridgehead atoms. The Labute approximate surface area is 224 Å². The van der Waals surface area contributed by atoms with Crippen molar-refractivity contribution in [3.8, 4) is 34.1 Å². The average Bonchev–Trinajstić information content (AvgIpc) is 3.63. The molecule has 5 aromatic rings. The minimum Gasteiger partial charge on any atom is -0.454 e. The Bertz CT molecular complexity index is 1680. The number of aromatic nitrogens is 3. The largest absolute Gasteiger partial charge is 0.454 e. The van der Waals surface area contributed by atoms with Crippen LogP contribution in [0.3, 0.4) is 0 Å². The van der Waals surface area contributed by atoms with E-state index in [1.165, 1.54) is 0 Å². The molecule has 0 spiro atoms. The van der Waals surface area contributed by atoms with E-state index in [1.807, 2.05) is 61.5 Å². The highest BCUT2D eigenvalue weighted by molar-refractivity contribution is 6.09. The summed E-state index contributed by atoms with van der Waals surface area (Å²) in [5.41, 5.74) is 5.46. The summed E-state index contributed by atoms with van der Waals surface area (Å²) in [4.78, 5) is 38.3. The molecule has 0 fully saturated rings. The highest BCUT2D eigenvalue weighted by Gasteiger charge is 2.20. The first-order valence-corrected chi connectivity index (χ1v) is 12.5. The number of rotatable bonds is 7. The maximum atomic E-state index is 12.9. The molecule has 8 nitrogen and oxygen atoms in total. The number of amides is 1. The second-order valence-electron chi connectivity index (χ2n) is 9.09. The summed E-state index contributed by atoms with van der Waals surface area (Å²) in [7, 11) is 0. The molecule has 39 heavy (non-hydrogen) atoms. The second-order valence-corrected chi connectivity index (χ2v) is 9.09. The number of fused-ring (bicyclic) bond motifs is 1. The molecule has 0 radical (unpaired) electrons. The molecule has 0 unspecified atom stereocenters. The van der Waals surface area contributed by atoms with Crippen LogP contribution in [0.15, 0.2) is 91.0 Å². The molecule has 1 aliphatic rings. The third kappa shape index (κ3) is 5.00. The smallest absolute Gasteiger partial charge is 0.251 e. The van der Waals surface area contributed by atoms with Crippen molar-refractivity contribution >= 4 is 11.7 Å². The Balaban J connectivity index is 1.22. The lowest BCUT2D eigenvalue weighted by Crippen LogP contribution is -2.23. The molecule has 0 aliphatic carbocycles. The number of aromatic amines is 1.